The molecular formula is C15H17N3O. The lowest BCUT2D eigenvalue weighted by Crippen LogP contribution is -2.30. The minimum atomic E-state index is -0.207. The molecule has 2 amide bonds. The highest BCUT2D eigenvalue weighted by atomic mass is 16.2. The van der Waals surface area contributed by atoms with Gasteiger partial charge in [0, 0.05) is 12.2 Å². The zero-order chi connectivity index (χ0) is 13.5. The number of nitrogens with zero attached hydrogens (tertiary/aromatic N) is 1. The standard InChI is InChI=1S/C15H17N3O/c1-12-7-8-14(11-17-12)18-15(19)16-10-9-13-5-3-2-4-6-13/h2-8,11H,9-10H2,1H3,(H2,16,18,19). The predicted molar refractivity (Wildman–Crippen MR) is 76.1 cm³/mol. The monoisotopic (exact) mass is 255 g/mol. The van der Waals surface area contributed by atoms with Gasteiger partial charge in [0.15, 0.2) is 0 Å². The smallest absolute Gasteiger partial charge is 0.319 e. The Morgan fingerprint density at radius 1 is 1.16 bits per heavy atom. The van der Waals surface area contributed by atoms with Crippen molar-refractivity contribution in [1.29, 1.82) is 0 Å². The first-order valence-corrected chi connectivity index (χ1v) is 6.25. The van der Waals surface area contributed by atoms with E-state index in [9.17, 15) is 4.79 Å². The lowest BCUT2D eigenvalue weighted by molar-refractivity contribution is 0.252. The fraction of sp³-hybridized carbons (Fsp3) is 0.200. The van der Waals surface area contributed by atoms with Gasteiger partial charge in [0.05, 0.1) is 11.9 Å². The number of amides is 2. The molecule has 1 aromatic heterocycles. The Labute approximate surface area is 112 Å². The van der Waals surface area contributed by atoms with Crippen molar-refractivity contribution < 1.29 is 4.79 Å². The molecule has 4 heteroatoms. The molecule has 0 bridgehead atoms. The molecule has 1 aromatic carbocycles. The summed E-state index contributed by atoms with van der Waals surface area (Å²) in [6, 6.07) is 13.5. The molecule has 4 nitrogen and oxygen atoms in total. The van der Waals surface area contributed by atoms with Crippen LogP contribution in [0, 0.1) is 6.92 Å². The number of pyridine rings is 1. The summed E-state index contributed by atoms with van der Waals surface area (Å²) in [5, 5.41) is 5.56. The molecule has 2 rings (SSSR count). The normalized spacial score (nSPS) is 9.95. The Balaban J connectivity index is 1.74. The third kappa shape index (κ3) is 4.43. The number of nitrogens with one attached hydrogen (secondary N) is 2. The van der Waals surface area contributed by atoms with Gasteiger partial charge in [-0.1, -0.05) is 30.3 Å². The van der Waals surface area contributed by atoms with E-state index in [1.54, 1.807) is 6.20 Å². The van der Waals surface area contributed by atoms with Crippen LogP contribution < -0.4 is 10.6 Å². The first kappa shape index (κ1) is 13.1. The lowest BCUT2D eigenvalue weighted by atomic mass is 10.1. The summed E-state index contributed by atoms with van der Waals surface area (Å²) in [6.45, 7) is 2.51. The second kappa shape index (κ2) is 6.54. The summed E-state index contributed by atoms with van der Waals surface area (Å²) in [7, 11) is 0. The molecule has 0 saturated carbocycles. The summed E-state index contributed by atoms with van der Waals surface area (Å²) in [4.78, 5) is 15.8. The molecular weight excluding hydrogens is 238 g/mol. The van der Waals surface area contributed by atoms with E-state index in [0.29, 0.717) is 12.2 Å². The molecule has 19 heavy (non-hydrogen) atoms. The van der Waals surface area contributed by atoms with Gasteiger partial charge in [0.2, 0.25) is 0 Å². The molecule has 0 aliphatic carbocycles. The Kier molecular flexibility index (Phi) is 4.50. The van der Waals surface area contributed by atoms with E-state index in [2.05, 4.69) is 15.6 Å². The molecule has 0 unspecified atom stereocenters. The SMILES string of the molecule is Cc1ccc(NC(=O)NCCc2ccccc2)cn1. The Morgan fingerprint density at radius 2 is 1.95 bits per heavy atom. The molecule has 0 aliphatic heterocycles. The van der Waals surface area contributed by atoms with Gasteiger partial charge < -0.3 is 10.6 Å². The van der Waals surface area contributed by atoms with E-state index < -0.39 is 0 Å². The summed E-state index contributed by atoms with van der Waals surface area (Å²) < 4.78 is 0. The summed E-state index contributed by atoms with van der Waals surface area (Å²) in [5.41, 5.74) is 2.83. The first-order chi connectivity index (χ1) is 9.24. The summed E-state index contributed by atoms with van der Waals surface area (Å²) in [5.74, 6) is 0. The zero-order valence-corrected chi connectivity index (χ0v) is 10.9. The van der Waals surface area contributed by atoms with Crippen LogP contribution >= 0.6 is 0 Å². The maximum absolute atomic E-state index is 11.6. The van der Waals surface area contributed by atoms with Gasteiger partial charge in [-0.25, -0.2) is 4.79 Å². The van der Waals surface area contributed by atoms with Crippen LogP contribution in [0.25, 0.3) is 0 Å². The minimum Gasteiger partial charge on any atom is -0.338 e. The molecule has 0 saturated heterocycles. The number of urea groups is 1. The average Bonchev–Trinajstić information content (AvgIpc) is 2.43. The number of carbonyl (C=O) groups is 1. The van der Waals surface area contributed by atoms with Crippen molar-refractivity contribution in [2.75, 3.05) is 11.9 Å². The third-order valence-corrected chi connectivity index (χ3v) is 2.71. The Hall–Kier alpha value is -2.36. The van der Waals surface area contributed by atoms with E-state index in [1.165, 1.54) is 5.56 Å². The number of benzene rings is 1. The second-order valence-corrected chi connectivity index (χ2v) is 4.30. The van der Waals surface area contributed by atoms with Crippen LogP contribution in [0.2, 0.25) is 0 Å². The third-order valence-electron chi connectivity index (χ3n) is 2.71. The fourth-order valence-corrected chi connectivity index (χ4v) is 1.68. The Morgan fingerprint density at radius 3 is 2.63 bits per heavy atom. The summed E-state index contributed by atoms with van der Waals surface area (Å²) >= 11 is 0. The molecule has 0 atom stereocenters. The lowest BCUT2D eigenvalue weighted by Gasteiger charge is -2.07. The second-order valence-electron chi connectivity index (χ2n) is 4.30. The van der Waals surface area contributed by atoms with E-state index >= 15 is 0 Å². The van der Waals surface area contributed by atoms with Crippen LogP contribution in [0.15, 0.2) is 48.7 Å². The number of hydrogen-bond acceptors (Lipinski definition) is 2. The molecule has 0 radical (unpaired) electrons. The number of anilines is 1. The van der Waals surface area contributed by atoms with Crippen LogP contribution in [0.1, 0.15) is 11.3 Å². The highest BCUT2D eigenvalue weighted by molar-refractivity contribution is 5.88. The van der Waals surface area contributed by atoms with Gasteiger partial charge in [-0.05, 0) is 31.0 Å². The van der Waals surface area contributed by atoms with Crippen molar-refractivity contribution in [3.63, 3.8) is 0 Å². The molecule has 0 spiro atoms. The van der Waals surface area contributed by atoms with E-state index in [0.717, 1.165) is 12.1 Å². The maximum Gasteiger partial charge on any atom is 0.319 e. The fourth-order valence-electron chi connectivity index (χ4n) is 1.68. The van der Waals surface area contributed by atoms with Crippen LogP contribution in [0.4, 0.5) is 10.5 Å². The molecule has 0 aliphatic rings. The molecule has 2 N–H and O–H groups in total. The highest BCUT2D eigenvalue weighted by Gasteiger charge is 2.01. The zero-order valence-electron chi connectivity index (χ0n) is 10.9. The van der Waals surface area contributed by atoms with E-state index in [4.69, 9.17) is 0 Å². The van der Waals surface area contributed by atoms with E-state index in [-0.39, 0.29) is 6.03 Å². The first-order valence-electron chi connectivity index (χ1n) is 6.25. The van der Waals surface area contributed by atoms with Crippen molar-refractivity contribution >= 4 is 11.7 Å². The van der Waals surface area contributed by atoms with E-state index in [1.807, 2.05) is 49.4 Å². The van der Waals surface area contributed by atoms with Crippen molar-refractivity contribution in [3.8, 4) is 0 Å². The van der Waals surface area contributed by atoms with Crippen LogP contribution in [0.5, 0.6) is 0 Å². The van der Waals surface area contributed by atoms with Gasteiger partial charge >= 0.3 is 6.03 Å². The molecule has 1 heterocycles. The molecule has 0 fully saturated rings. The predicted octanol–water partition coefficient (Wildman–Crippen LogP) is 2.75. The topological polar surface area (TPSA) is 54.0 Å². The average molecular weight is 255 g/mol. The number of hydrogen-bond donors (Lipinski definition) is 2. The van der Waals surface area contributed by atoms with Crippen LogP contribution in [-0.2, 0) is 6.42 Å². The van der Waals surface area contributed by atoms with Crippen molar-refractivity contribution in [1.82, 2.24) is 10.3 Å². The highest BCUT2D eigenvalue weighted by Crippen LogP contribution is 2.04. The number of aromatic nitrogens is 1. The number of aryl methyl sites for hydroxylation is 1. The minimum absolute atomic E-state index is 0.207. The Bertz CT molecular complexity index is 523. The molecule has 2 aromatic rings. The quantitative estimate of drug-likeness (QED) is 0.882. The maximum atomic E-state index is 11.6. The van der Waals surface area contributed by atoms with Gasteiger partial charge in [0.25, 0.3) is 0 Å². The van der Waals surface area contributed by atoms with Gasteiger partial charge in [-0.3, -0.25) is 4.98 Å². The van der Waals surface area contributed by atoms with Crippen molar-refractivity contribution in [2.45, 2.75) is 13.3 Å². The summed E-state index contributed by atoms with van der Waals surface area (Å²) in [6.07, 6.45) is 2.46. The number of carbonyl (C=O) groups excluding carboxylic acids is 1. The number of rotatable bonds is 4. The van der Waals surface area contributed by atoms with Crippen LogP contribution in [0.3, 0.4) is 0 Å². The van der Waals surface area contributed by atoms with Crippen molar-refractivity contribution in [3.05, 3.63) is 59.9 Å². The van der Waals surface area contributed by atoms with Gasteiger partial charge in [0.1, 0.15) is 0 Å². The van der Waals surface area contributed by atoms with Gasteiger partial charge in [-0.2, -0.15) is 0 Å². The van der Waals surface area contributed by atoms with Crippen LogP contribution in [-0.4, -0.2) is 17.6 Å². The van der Waals surface area contributed by atoms with Gasteiger partial charge in [-0.15, -0.1) is 0 Å². The molecule has 98 valence electrons. The largest absolute Gasteiger partial charge is 0.338 e. The van der Waals surface area contributed by atoms with Crippen molar-refractivity contribution in [2.24, 2.45) is 0 Å².